The predicted octanol–water partition coefficient (Wildman–Crippen LogP) is 2.75. The van der Waals surface area contributed by atoms with Gasteiger partial charge in [0.05, 0.1) is 12.3 Å². The molecule has 100 valence electrons. The van der Waals surface area contributed by atoms with E-state index in [1.807, 2.05) is 50.5 Å². The Hall–Kier alpha value is -1.71. The second-order valence-corrected chi connectivity index (χ2v) is 4.72. The van der Waals surface area contributed by atoms with Crippen molar-refractivity contribution in [2.75, 3.05) is 27.2 Å². The van der Waals surface area contributed by atoms with Crippen LogP contribution in [-0.4, -0.2) is 37.1 Å². The fraction of sp³-hybridized carbons (Fsp3) is 0.312. The van der Waals surface area contributed by atoms with Crippen LogP contribution in [0.1, 0.15) is 17.4 Å². The van der Waals surface area contributed by atoms with Crippen LogP contribution in [0.15, 0.2) is 54.7 Å². The smallest absolute Gasteiger partial charge is 0.124 e. The molecule has 0 N–H and O–H groups in total. The molecule has 0 amide bonds. The Labute approximate surface area is 114 Å². The molecule has 1 atom stereocenters. The van der Waals surface area contributed by atoms with E-state index in [1.165, 1.54) is 0 Å². The molecule has 1 aromatic heterocycles. The lowest BCUT2D eigenvalue weighted by atomic mass is 10.1. The topological polar surface area (TPSA) is 25.4 Å². The lowest BCUT2D eigenvalue weighted by Crippen LogP contribution is -2.20. The van der Waals surface area contributed by atoms with E-state index >= 15 is 0 Å². The molecule has 19 heavy (non-hydrogen) atoms. The van der Waals surface area contributed by atoms with Gasteiger partial charge in [-0.25, -0.2) is 0 Å². The van der Waals surface area contributed by atoms with Crippen LogP contribution < -0.4 is 0 Å². The summed E-state index contributed by atoms with van der Waals surface area (Å²) in [6, 6.07) is 16.1. The summed E-state index contributed by atoms with van der Waals surface area (Å²) < 4.78 is 6.02. The highest BCUT2D eigenvalue weighted by molar-refractivity contribution is 5.25. The van der Waals surface area contributed by atoms with Gasteiger partial charge in [0.2, 0.25) is 0 Å². The van der Waals surface area contributed by atoms with Gasteiger partial charge in [0.1, 0.15) is 6.10 Å². The molecule has 0 aliphatic carbocycles. The van der Waals surface area contributed by atoms with Gasteiger partial charge in [-0.2, -0.15) is 0 Å². The number of hydrogen-bond donors (Lipinski definition) is 0. The van der Waals surface area contributed by atoms with Gasteiger partial charge < -0.3 is 9.64 Å². The summed E-state index contributed by atoms with van der Waals surface area (Å²) in [6.07, 6.45) is 1.71. The minimum Gasteiger partial charge on any atom is -0.366 e. The van der Waals surface area contributed by atoms with E-state index in [2.05, 4.69) is 22.0 Å². The fourth-order valence-corrected chi connectivity index (χ4v) is 1.86. The Bertz CT molecular complexity index is 431. The molecule has 0 radical (unpaired) electrons. The predicted molar refractivity (Wildman–Crippen MR) is 77.0 cm³/mol. The molecule has 2 rings (SSSR count). The maximum atomic E-state index is 6.02. The van der Waals surface area contributed by atoms with Gasteiger partial charge in [-0.15, -0.1) is 0 Å². The molecule has 0 saturated carbocycles. The summed E-state index contributed by atoms with van der Waals surface area (Å²) in [7, 11) is 4.09. The van der Waals surface area contributed by atoms with Crippen molar-refractivity contribution in [2.24, 2.45) is 0 Å². The van der Waals surface area contributed by atoms with Crippen molar-refractivity contribution in [3.63, 3.8) is 0 Å². The average Bonchev–Trinajstić information content (AvgIpc) is 2.45. The van der Waals surface area contributed by atoms with Crippen LogP contribution in [0, 0.1) is 0 Å². The van der Waals surface area contributed by atoms with E-state index in [4.69, 9.17) is 4.74 Å². The van der Waals surface area contributed by atoms with Crippen molar-refractivity contribution in [2.45, 2.75) is 6.10 Å². The third kappa shape index (κ3) is 4.16. The fourth-order valence-electron chi connectivity index (χ4n) is 1.86. The maximum absolute atomic E-state index is 6.02. The van der Waals surface area contributed by atoms with Gasteiger partial charge in [-0.1, -0.05) is 36.4 Å². The Balaban J connectivity index is 2.14. The summed E-state index contributed by atoms with van der Waals surface area (Å²) in [5, 5.41) is 0. The van der Waals surface area contributed by atoms with Gasteiger partial charge in [0, 0.05) is 12.7 Å². The van der Waals surface area contributed by atoms with Crippen molar-refractivity contribution in [1.29, 1.82) is 0 Å². The quantitative estimate of drug-likeness (QED) is 0.794. The number of pyridine rings is 1. The number of aromatic nitrogens is 1. The molecule has 0 bridgehead atoms. The van der Waals surface area contributed by atoms with E-state index in [9.17, 15) is 0 Å². The highest BCUT2D eigenvalue weighted by Gasteiger charge is 2.15. The second-order valence-electron chi connectivity index (χ2n) is 4.72. The minimum absolute atomic E-state index is 0.0950. The summed E-state index contributed by atoms with van der Waals surface area (Å²) in [5.41, 5.74) is 2.09. The van der Waals surface area contributed by atoms with Crippen LogP contribution in [0.25, 0.3) is 0 Å². The summed E-state index contributed by atoms with van der Waals surface area (Å²) in [4.78, 5) is 6.53. The first-order valence-electron chi connectivity index (χ1n) is 6.49. The van der Waals surface area contributed by atoms with E-state index in [0.29, 0.717) is 6.61 Å². The number of ether oxygens (including phenoxy) is 1. The first-order chi connectivity index (χ1) is 9.27. The Morgan fingerprint density at radius 3 is 2.42 bits per heavy atom. The van der Waals surface area contributed by atoms with E-state index in [0.717, 1.165) is 17.8 Å². The third-order valence-electron chi connectivity index (χ3n) is 2.88. The molecule has 0 fully saturated rings. The molecule has 0 spiro atoms. The zero-order valence-corrected chi connectivity index (χ0v) is 11.5. The number of benzene rings is 1. The molecular weight excluding hydrogens is 236 g/mol. The van der Waals surface area contributed by atoms with Gasteiger partial charge in [-0.3, -0.25) is 4.98 Å². The van der Waals surface area contributed by atoms with Crippen molar-refractivity contribution in [3.05, 3.63) is 66.0 Å². The summed E-state index contributed by atoms with van der Waals surface area (Å²) in [6.45, 7) is 1.58. The monoisotopic (exact) mass is 256 g/mol. The maximum Gasteiger partial charge on any atom is 0.124 e. The Morgan fingerprint density at radius 2 is 1.79 bits per heavy atom. The second kappa shape index (κ2) is 7.02. The minimum atomic E-state index is -0.0950. The molecule has 0 aliphatic heterocycles. The van der Waals surface area contributed by atoms with Gasteiger partial charge in [0.15, 0.2) is 0 Å². The molecule has 0 unspecified atom stereocenters. The first kappa shape index (κ1) is 13.7. The van der Waals surface area contributed by atoms with Crippen molar-refractivity contribution in [3.8, 4) is 0 Å². The lowest BCUT2D eigenvalue weighted by Gasteiger charge is -2.19. The molecule has 3 heteroatoms. The van der Waals surface area contributed by atoms with E-state index < -0.39 is 0 Å². The van der Waals surface area contributed by atoms with Gasteiger partial charge in [0.25, 0.3) is 0 Å². The van der Waals surface area contributed by atoms with Crippen LogP contribution >= 0.6 is 0 Å². The molecule has 0 saturated heterocycles. The van der Waals surface area contributed by atoms with E-state index in [-0.39, 0.29) is 6.10 Å². The zero-order chi connectivity index (χ0) is 13.5. The highest BCUT2D eigenvalue weighted by atomic mass is 16.5. The van der Waals surface area contributed by atoms with Crippen LogP contribution in [0.3, 0.4) is 0 Å². The SMILES string of the molecule is CN(C)CCO[C@@H](c1ccccc1)c1ccccn1. The van der Waals surface area contributed by atoms with Gasteiger partial charge >= 0.3 is 0 Å². The summed E-state index contributed by atoms with van der Waals surface area (Å²) >= 11 is 0. The summed E-state index contributed by atoms with van der Waals surface area (Å²) in [5.74, 6) is 0. The average molecular weight is 256 g/mol. The largest absolute Gasteiger partial charge is 0.366 e. The highest BCUT2D eigenvalue weighted by Crippen LogP contribution is 2.23. The standard InChI is InChI=1S/C16H20N2O/c1-18(2)12-13-19-16(14-8-4-3-5-9-14)15-10-6-7-11-17-15/h3-11,16H,12-13H2,1-2H3/t16-/m0/s1. The molecular formula is C16H20N2O. The number of rotatable bonds is 6. The van der Waals surface area contributed by atoms with Crippen LogP contribution in [0.2, 0.25) is 0 Å². The number of likely N-dealkylation sites (N-methyl/N-ethyl adjacent to an activating group) is 1. The number of nitrogens with zero attached hydrogens (tertiary/aromatic N) is 2. The van der Waals surface area contributed by atoms with Crippen molar-refractivity contribution >= 4 is 0 Å². The third-order valence-corrected chi connectivity index (χ3v) is 2.88. The van der Waals surface area contributed by atoms with Crippen LogP contribution in [0.5, 0.6) is 0 Å². The lowest BCUT2D eigenvalue weighted by molar-refractivity contribution is 0.0662. The van der Waals surface area contributed by atoms with Crippen LogP contribution in [-0.2, 0) is 4.74 Å². The number of hydrogen-bond acceptors (Lipinski definition) is 3. The van der Waals surface area contributed by atoms with Crippen LogP contribution in [0.4, 0.5) is 0 Å². The van der Waals surface area contributed by atoms with Gasteiger partial charge in [-0.05, 0) is 31.8 Å². The molecule has 1 aromatic carbocycles. The Kier molecular flexibility index (Phi) is 5.07. The molecule has 0 aliphatic rings. The normalized spacial score (nSPS) is 12.6. The molecule has 2 aromatic rings. The molecule has 3 nitrogen and oxygen atoms in total. The van der Waals surface area contributed by atoms with Crippen molar-refractivity contribution in [1.82, 2.24) is 9.88 Å². The molecule has 1 heterocycles. The Morgan fingerprint density at radius 1 is 1.05 bits per heavy atom. The zero-order valence-electron chi connectivity index (χ0n) is 11.5. The first-order valence-corrected chi connectivity index (χ1v) is 6.49. The van der Waals surface area contributed by atoms with Crippen molar-refractivity contribution < 1.29 is 4.74 Å². The van der Waals surface area contributed by atoms with E-state index in [1.54, 1.807) is 6.20 Å².